The summed E-state index contributed by atoms with van der Waals surface area (Å²) >= 11 is 0. The highest BCUT2D eigenvalue weighted by atomic mass is 16.2. The van der Waals surface area contributed by atoms with E-state index in [1.807, 2.05) is 24.0 Å². The van der Waals surface area contributed by atoms with Crippen molar-refractivity contribution in [2.24, 2.45) is 0 Å². The summed E-state index contributed by atoms with van der Waals surface area (Å²) in [6.07, 6.45) is 1.11. The molecule has 0 bridgehead atoms. The first-order valence-electron chi connectivity index (χ1n) is 7.43. The fraction of sp³-hybridized carbons (Fsp3) is 0.500. The number of hydrogen-bond acceptors (Lipinski definition) is 4. The summed E-state index contributed by atoms with van der Waals surface area (Å²) < 4.78 is 0. The van der Waals surface area contributed by atoms with Gasteiger partial charge in [0.1, 0.15) is 6.04 Å². The van der Waals surface area contributed by atoms with Gasteiger partial charge < -0.3 is 10.2 Å². The number of nitrogens with zero attached hydrogens (tertiary/aromatic N) is 1. The zero-order valence-electron chi connectivity index (χ0n) is 12.9. The monoisotopic (exact) mass is 289 g/mol. The largest absolute Gasteiger partial charge is 0.350 e. The average molecular weight is 289 g/mol. The van der Waals surface area contributed by atoms with Crippen LogP contribution in [0, 0.1) is 6.92 Å². The summed E-state index contributed by atoms with van der Waals surface area (Å²) in [7, 11) is 0. The normalized spacial score (nSPS) is 18.8. The van der Waals surface area contributed by atoms with E-state index >= 15 is 0 Å². The number of nitrogens with one attached hydrogen (secondary N) is 2. The number of aryl methyl sites for hydroxylation is 1. The van der Waals surface area contributed by atoms with Crippen LogP contribution in [-0.4, -0.2) is 30.9 Å². The average Bonchev–Trinajstić information content (AvgIpc) is 2.44. The molecule has 1 aliphatic rings. The lowest BCUT2D eigenvalue weighted by molar-refractivity contribution is -0.132. The third kappa shape index (κ3) is 3.61. The van der Waals surface area contributed by atoms with Crippen molar-refractivity contribution in [3.8, 4) is 0 Å². The molecule has 21 heavy (non-hydrogen) atoms. The Morgan fingerprint density at radius 1 is 1.38 bits per heavy atom. The predicted octanol–water partition coefficient (Wildman–Crippen LogP) is 1.35. The van der Waals surface area contributed by atoms with Crippen molar-refractivity contribution in [3.05, 3.63) is 29.3 Å². The van der Waals surface area contributed by atoms with Gasteiger partial charge in [-0.15, -0.1) is 0 Å². The van der Waals surface area contributed by atoms with E-state index in [0.29, 0.717) is 0 Å². The van der Waals surface area contributed by atoms with Crippen molar-refractivity contribution >= 4 is 17.5 Å². The molecule has 1 heterocycles. The number of carbonyl (C=O) groups excluding carboxylic acids is 2. The summed E-state index contributed by atoms with van der Waals surface area (Å²) in [6, 6.07) is 5.77. The van der Waals surface area contributed by atoms with Crippen LogP contribution in [-0.2, 0) is 16.1 Å². The summed E-state index contributed by atoms with van der Waals surface area (Å²) in [5, 5.41) is 5.74. The van der Waals surface area contributed by atoms with Crippen LogP contribution in [0.1, 0.15) is 31.4 Å². The summed E-state index contributed by atoms with van der Waals surface area (Å²) in [5.74, 6) is -0.484. The zero-order valence-corrected chi connectivity index (χ0v) is 12.9. The van der Waals surface area contributed by atoms with Gasteiger partial charge in [-0.25, -0.2) is 0 Å². The molecule has 2 amide bonds. The SMILES string of the molecule is CCCNCc1ccc(N2CC(=O)NC(=O)C2C)cc1C. The van der Waals surface area contributed by atoms with Crippen molar-refractivity contribution in [2.45, 2.75) is 39.8 Å². The summed E-state index contributed by atoms with van der Waals surface area (Å²) in [4.78, 5) is 25.1. The Bertz CT molecular complexity index is 542. The lowest BCUT2D eigenvalue weighted by Crippen LogP contribution is -2.57. The number of piperazine rings is 1. The fourth-order valence-electron chi connectivity index (χ4n) is 2.49. The summed E-state index contributed by atoms with van der Waals surface area (Å²) in [6.45, 7) is 8.08. The Morgan fingerprint density at radius 3 is 2.81 bits per heavy atom. The van der Waals surface area contributed by atoms with Gasteiger partial charge in [-0.2, -0.15) is 0 Å². The van der Waals surface area contributed by atoms with Gasteiger partial charge in [0.15, 0.2) is 0 Å². The van der Waals surface area contributed by atoms with Gasteiger partial charge in [-0.3, -0.25) is 14.9 Å². The van der Waals surface area contributed by atoms with E-state index in [1.54, 1.807) is 0 Å². The van der Waals surface area contributed by atoms with Gasteiger partial charge in [0.25, 0.3) is 0 Å². The Labute approximate surface area is 125 Å². The minimum absolute atomic E-state index is 0.222. The second-order valence-electron chi connectivity index (χ2n) is 5.50. The molecule has 1 aliphatic heterocycles. The van der Waals surface area contributed by atoms with Crippen LogP contribution >= 0.6 is 0 Å². The second-order valence-corrected chi connectivity index (χ2v) is 5.50. The quantitative estimate of drug-likeness (QED) is 0.634. The molecular weight excluding hydrogens is 266 g/mol. The van der Waals surface area contributed by atoms with E-state index in [1.165, 1.54) is 11.1 Å². The van der Waals surface area contributed by atoms with E-state index in [4.69, 9.17) is 0 Å². The lowest BCUT2D eigenvalue weighted by atomic mass is 10.1. The molecule has 0 saturated carbocycles. The molecule has 1 saturated heterocycles. The minimum atomic E-state index is -0.328. The Kier molecular flexibility index (Phi) is 4.96. The smallest absolute Gasteiger partial charge is 0.249 e. The zero-order chi connectivity index (χ0) is 15.4. The number of benzene rings is 1. The van der Waals surface area contributed by atoms with Gasteiger partial charge in [0.05, 0.1) is 6.54 Å². The van der Waals surface area contributed by atoms with Gasteiger partial charge in [0, 0.05) is 12.2 Å². The molecule has 1 aromatic rings. The van der Waals surface area contributed by atoms with Crippen LogP contribution in [0.5, 0.6) is 0 Å². The third-order valence-electron chi connectivity index (χ3n) is 3.82. The minimum Gasteiger partial charge on any atom is -0.350 e. The number of rotatable bonds is 5. The van der Waals surface area contributed by atoms with Crippen molar-refractivity contribution in [2.75, 3.05) is 18.0 Å². The maximum Gasteiger partial charge on any atom is 0.249 e. The summed E-state index contributed by atoms with van der Waals surface area (Å²) in [5.41, 5.74) is 3.33. The topological polar surface area (TPSA) is 61.4 Å². The van der Waals surface area contributed by atoms with Crippen molar-refractivity contribution in [1.29, 1.82) is 0 Å². The molecule has 1 fully saturated rings. The second kappa shape index (κ2) is 6.72. The molecule has 0 spiro atoms. The van der Waals surface area contributed by atoms with Crippen LogP contribution in [0.25, 0.3) is 0 Å². The molecule has 2 rings (SSSR count). The number of hydrogen-bond donors (Lipinski definition) is 2. The van der Waals surface area contributed by atoms with Crippen LogP contribution in [0.15, 0.2) is 18.2 Å². The number of amides is 2. The van der Waals surface area contributed by atoms with E-state index in [0.717, 1.165) is 25.2 Å². The number of carbonyl (C=O) groups is 2. The maximum atomic E-state index is 11.7. The number of imide groups is 1. The highest BCUT2D eigenvalue weighted by Crippen LogP contribution is 2.22. The van der Waals surface area contributed by atoms with Crippen LogP contribution in [0.3, 0.4) is 0 Å². The van der Waals surface area contributed by atoms with E-state index in [9.17, 15) is 9.59 Å². The first kappa shape index (κ1) is 15.5. The standard InChI is InChI=1S/C16H23N3O2/c1-4-7-17-9-13-5-6-14(8-11(13)2)19-10-15(20)18-16(21)12(19)3/h5-6,8,12,17H,4,7,9-10H2,1-3H3,(H,18,20,21). The number of anilines is 1. The molecule has 114 valence electrons. The highest BCUT2D eigenvalue weighted by Gasteiger charge is 2.30. The molecule has 1 atom stereocenters. The van der Waals surface area contributed by atoms with Gasteiger partial charge in [0.2, 0.25) is 11.8 Å². The van der Waals surface area contributed by atoms with E-state index < -0.39 is 0 Å². The lowest BCUT2D eigenvalue weighted by Gasteiger charge is -2.33. The van der Waals surface area contributed by atoms with Gasteiger partial charge >= 0.3 is 0 Å². The highest BCUT2D eigenvalue weighted by molar-refractivity contribution is 6.04. The Hall–Kier alpha value is -1.88. The Morgan fingerprint density at radius 2 is 2.14 bits per heavy atom. The molecule has 1 aromatic carbocycles. The molecule has 5 heteroatoms. The molecule has 5 nitrogen and oxygen atoms in total. The predicted molar refractivity (Wildman–Crippen MR) is 83.1 cm³/mol. The van der Waals surface area contributed by atoms with E-state index in [-0.39, 0.29) is 24.4 Å². The molecule has 0 aliphatic carbocycles. The van der Waals surface area contributed by atoms with Gasteiger partial charge in [-0.1, -0.05) is 13.0 Å². The fourth-order valence-corrected chi connectivity index (χ4v) is 2.49. The Balaban J connectivity index is 2.15. The van der Waals surface area contributed by atoms with Crippen LogP contribution in [0.4, 0.5) is 5.69 Å². The molecular formula is C16H23N3O2. The molecule has 2 N–H and O–H groups in total. The first-order chi connectivity index (χ1) is 10.0. The molecule has 0 aromatic heterocycles. The van der Waals surface area contributed by atoms with Crippen LogP contribution < -0.4 is 15.5 Å². The van der Waals surface area contributed by atoms with Crippen LogP contribution in [0.2, 0.25) is 0 Å². The van der Waals surface area contributed by atoms with E-state index in [2.05, 4.69) is 30.5 Å². The third-order valence-corrected chi connectivity index (χ3v) is 3.82. The first-order valence-corrected chi connectivity index (χ1v) is 7.43. The van der Waals surface area contributed by atoms with Crippen molar-refractivity contribution in [3.63, 3.8) is 0 Å². The van der Waals surface area contributed by atoms with Gasteiger partial charge in [-0.05, 0) is 50.1 Å². The maximum absolute atomic E-state index is 11.7. The van der Waals surface area contributed by atoms with Crippen molar-refractivity contribution in [1.82, 2.24) is 10.6 Å². The van der Waals surface area contributed by atoms with Crippen molar-refractivity contribution < 1.29 is 9.59 Å². The molecule has 0 radical (unpaired) electrons. The molecule has 1 unspecified atom stereocenters.